The Hall–Kier alpha value is -3.09. The molecule has 1 aliphatic rings. The standard InChI is InChI=1S/C18H19N3O4/c22-16(19-11-15-7-4-10-25-15)13-21-9-8-20(17(23)18(21)24)12-14-5-2-1-3-6-14/h1-7,10H,8-9,11-13H2,(H,19,22). The highest BCUT2D eigenvalue weighted by atomic mass is 16.3. The Morgan fingerprint density at radius 1 is 1.00 bits per heavy atom. The van der Waals surface area contributed by atoms with E-state index in [1.807, 2.05) is 30.3 Å². The van der Waals surface area contributed by atoms with Crippen LogP contribution in [0.3, 0.4) is 0 Å². The molecule has 1 fully saturated rings. The van der Waals surface area contributed by atoms with Gasteiger partial charge in [-0.2, -0.15) is 0 Å². The second kappa shape index (κ2) is 7.65. The fraction of sp³-hybridized carbons (Fsp3) is 0.278. The molecule has 1 saturated heterocycles. The summed E-state index contributed by atoms with van der Waals surface area (Å²) in [4.78, 5) is 39.2. The van der Waals surface area contributed by atoms with E-state index in [-0.39, 0.29) is 19.0 Å². The molecule has 0 bridgehead atoms. The van der Waals surface area contributed by atoms with E-state index in [1.54, 1.807) is 12.1 Å². The van der Waals surface area contributed by atoms with Crippen LogP contribution >= 0.6 is 0 Å². The fourth-order valence-corrected chi connectivity index (χ4v) is 2.65. The summed E-state index contributed by atoms with van der Waals surface area (Å²) in [5, 5.41) is 2.67. The number of hydrogen-bond acceptors (Lipinski definition) is 4. The molecular weight excluding hydrogens is 322 g/mol. The third-order valence-corrected chi connectivity index (χ3v) is 3.99. The molecule has 1 aromatic heterocycles. The summed E-state index contributed by atoms with van der Waals surface area (Å²) in [6.45, 7) is 1.26. The van der Waals surface area contributed by atoms with Crippen LogP contribution in [0.2, 0.25) is 0 Å². The van der Waals surface area contributed by atoms with E-state index in [0.717, 1.165) is 5.56 Å². The molecule has 25 heavy (non-hydrogen) atoms. The summed E-state index contributed by atoms with van der Waals surface area (Å²) in [6.07, 6.45) is 1.52. The van der Waals surface area contributed by atoms with Gasteiger partial charge in [0.25, 0.3) is 0 Å². The van der Waals surface area contributed by atoms with E-state index in [2.05, 4.69) is 5.32 Å². The van der Waals surface area contributed by atoms with Gasteiger partial charge in [0.2, 0.25) is 5.91 Å². The molecule has 0 atom stereocenters. The molecule has 2 aromatic rings. The number of piperazine rings is 1. The van der Waals surface area contributed by atoms with Crippen LogP contribution in [-0.2, 0) is 27.5 Å². The van der Waals surface area contributed by atoms with Crippen molar-refractivity contribution in [3.05, 3.63) is 60.1 Å². The predicted molar refractivity (Wildman–Crippen MR) is 89.0 cm³/mol. The molecule has 1 N–H and O–H groups in total. The number of nitrogens with zero attached hydrogens (tertiary/aromatic N) is 2. The van der Waals surface area contributed by atoms with Crippen molar-refractivity contribution >= 4 is 17.7 Å². The summed E-state index contributed by atoms with van der Waals surface area (Å²) in [7, 11) is 0. The lowest BCUT2D eigenvalue weighted by atomic mass is 10.2. The minimum atomic E-state index is -0.643. The normalized spacial score (nSPS) is 14.7. The molecule has 3 amide bonds. The van der Waals surface area contributed by atoms with E-state index in [0.29, 0.717) is 25.4 Å². The first-order chi connectivity index (χ1) is 12.1. The zero-order valence-electron chi connectivity index (χ0n) is 13.7. The zero-order valence-corrected chi connectivity index (χ0v) is 13.7. The Bertz CT molecular complexity index is 743. The smallest absolute Gasteiger partial charge is 0.312 e. The van der Waals surface area contributed by atoms with E-state index in [4.69, 9.17) is 4.42 Å². The molecule has 0 aliphatic carbocycles. The lowest BCUT2D eigenvalue weighted by Crippen LogP contribution is -2.55. The summed E-state index contributed by atoms with van der Waals surface area (Å²) in [6, 6.07) is 13.0. The summed E-state index contributed by atoms with van der Waals surface area (Å²) in [5.74, 6) is -0.915. The second-order valence-electron chi connectivity index (χ2n) is 5.80. The van der Waals surface area contributed by atoms with Crippen molar-refractivity contribution in [2.75, 3.05) is 19.6 Å². The van der Waals surface area contributed by atoms with Crippen LogP contribution in [0.15, 0.2) is 53.1 Å². The van der Waals surface area contributed by atoms with Crippen molar-refractivity contribution in [2.45, 2.75) is 13.1 Å². The monoisotopic (exact) mass is 341 g/mol. The second-order valence-corrected chi connectivity index (χ2v) is 5.80. The Balaban J connectivity index is 1.51. The van der Waals surface area contributed by atoms with E-state index < -0.39 is 11.8 Å². The van der Waals surface area contributed by atoms with Crippen molar-refractivity contribution < 1.29 is 18.8 Å². The van der Waals surface area contributed by atoms with Gasteiger partial charge in [0, 0.05) is 19.6 Å². The molecule has 7 heteroatoms. The van der Waals surface area contributed by atoms with E-state index in [1.165, 1.54) is 16.1 Å². The van der Waals surface area contributed by atoms with Crippen LogP contribution in [0.4, 0.5) is 0 Å². The largest absolute Gasteiger partial charge is 0.467 e. The Labute approximate surface area is 145 Å². The van der Waals surface area contributed by atoms with Gasteiger partial charge in [-0.1, -0.05) is 30.3 Å². The van der Waals surface area contributed by atoms with Crippen LogP contribution in [0.25, 0.3) is 0 Å². The lowest BCUT2D eigenvalue weighted by Gasteiger charge is -2.33. The number of furan rings is 1. The number of amides is 3. The minimum absolute atomic E-state index is 0.134. The van der Waals surface area contributed by atoms with Crippen molar-refractivity contribution in [1.82, 2.24) is 15.1 Å². The number of rotatable bonds is 6. The van der Waals surface area contributed by atoms with Crippen LogP contribution in [-0.4, -0.2) is 47.2 Å². The Morgan fingerprint density at radius 3 is 2.44 bits per heavy atom. The minimum Gasteiger partial charge on any atom is -0.467 e. The van der Waals surface area contributed by atoms with Gasteiger partial charge >= 0.3 is 11.8 Å². The average Bonchev–Trinajstić information content (AvgIpc) is 3.14. The van der Waals surface area contributed by atoms with Crippen molar-refractivity contribution in [3.8, 4) is 0 Å². The Morgan fingerprint density at radius 2 is 1.72 bits per heavy atom. The van der Waals surface area contributed by atoms with Gasteiger partial charge in [-0.15, -0.1) is 0 Å². The first-order valence-corrected chi connectivity index (χ1v) is 8.04. The molecular formula is C18H19N3O4. The van der Waals surface area contributed by atoms with Gasteiger partial charge in [0.05, 0.1) is 12.8 Å². The molecule has 0 radical (unpaired) electrons. The highest BCUT2D eigenvalue weighted by Gasteiger charge is 2.33. The predicted octanol–water partition coefficient (Wildman–Crippen LogP) is 0.767. The highest BCUT2D eigenvalue weighted by Crippen LogP contribution is 2.10. The van der Waals surface area contributed by atoms with E-state index in [9.17, 15) is 14.4 Å². The average molecular weight is 341 g/mol. The van der Waals surface area contributed by atoms with Gasteiger partial charge in [0.1, 0.15) is 12.3 Å². The molecule has 0 spiro atoms. The lowest BCUT2D eigenvalue weighted by molar-refractivity contribution is -0.157. The molecule has 130 valence electrons. The number of nitrogens with one attached hydrogen (secondary N) is 1. The first-order valence-electron chi connectivity index (χ1n) is 8.04. The van der Waals surface area contributed by atoms with Gasteiger partial charge in [-0.05, 0) is 17.7 Å². The topological polar surface area (TPSA) is 82.9 Å². The Kier molecular flexibility index (Phi) is 5.13. The zero-order chi connectivity index (χ0) is 17.6. The highest BCUT2D eigenvalue weighted by molar-refractivity contribution is 6.35. The third-order valence-electron chi connectivity index (χ3n) is 3.99. The van der Waals surface area contributed by atoms with E-state index >= 15 is 0 Å². The van der Waals surface area contributed by atoms with Crippen LogP contribution in [0, 0.1) is 0 Å². The van der Waals surface area contributed by atoms with Gasteiger partial charge in [0.15, 0.2) is 0 Å². The van der Waals surface area contributed by atoms with Crippen LogP contribution in [0.5, 0.6) is 0 Å². The number of benzene rings is 1. The molecule has 0 unspecified atom stereocenters. The fourth-order valence-electron chi connectivity index (χ4n) is 2.65. The maximum absolute atomic E-state index is 12.3. The van der Waals surface area contributed by atoms with Crippen molar-refractivity contribution in [1.29, 1.82) is 0 Å². The maximum atomic E-state index is 12.3. The molecule has 1 aliphatic heterocycles. The third kappa shape index (κ3) is 4.26. The molecule has 3 rings (SSSR count). The summed E-state index contributed by atoms with van der Waals surface area (Å²) < 4.78 is 5.13. The van der Waals surface area contributed by atoms with Crippen LogP contribution < -0.4 is 5.32 Å². The van der Waals surface area contributed by atoms with Gasteiger partial charge < -0.3 is 19.5 Å². The van der Waals surface area contributed by atoms with Gasteiger partial charge in [-0.25, -0.2) is 0 Å². The molecule has 1 aromatic carbocycles. The molecule has 0 saturated carbocycles. The molecule has 7 nitrogen and oxygen atoms in total. The number of carbonyl (C=O) groups excluding carboxylic acids is 3. The van der Waals surface area contributed by atoms with Crippen molar-refractivity contribution in [3.63, 3.8) is 0 Å². The number of carbonyl (C=O) groups is 3. The van der Waals surface area contributed by atoms with Crippen LogP contribution in [0.1, 0.15) is 11.3 Å². The SMILES string of the molecule is O=C(CN1CCN(Cc2ccccc2)C(=O)C1=O)NCc1ccco1. The summed E-state index contributed by atoms with van der Waals surface area (Å²) in [5.41, 5.74) is 0.966. The van der Waals surface area contributed by atoms with Crippen molar-refractivity contribution in [2.24, 2.45) is 0 Å². The number of hydrogen-bond donors (Lipinski definition) is 1. The maximum Gasteiger partial charge on any atom is 0.312 e. The quantitative estimate of drug-likeness (QED) is 0.787. The molecule has 2 heterocycles. The summed E-state index contributed by atoms with van der Waals surface area (Å²) >= 11 is 0. The van der Waals surface area contributed by atoms with Gasteiger partial charge in [-0.3, -0.25) is 14.4 Å². The first kappa shape index (κ1) is 16.8.